The molecule has 6 nitrogen and oxygen atoms in total. The summed E-state index contributed by atoms with van der Waals surface area (Å²) in [5.74, 6) is 0. The van der Waals surface area contributed by atoms with Gasteiger partial charge in [0.2, 0.25) is 0 Å². The van der Waals surface area contributed by atoms with Gasteiger partial charge in [-0.05, 0) is 56.7 Å². The van der Waals surface area contributed by atoms with Gasteiger partial charge in [-0.1, -0.05) is 54.9 Å². The van der Waals surface area contributed by atoms with Crippen molar-refractivity contribution in [2.75, 3.05) is 10.6 Å². The van der Waals surface area contributed by atoms with Crippen LogP contribution in [0.1, 0.15) is 26.0 Å². The Kier molecular flexibility index (Phi) is 7.15. The second-order valence-electron chi connectivity index (χ2n) is 6.84. The molecule has 0 unspecified atom stereocenters. The number of hydrogen-bond acceptors (Lipinski definition) is 2. The first-order valence-corrected chi connectivity index (χ1v) is 10.4. The van der Waals surface area contributed by atoms with Crippen LogP contribution in [0.15, 0.2) is 77.6 Å². The van der Waals surface area contributed by atoms with Crippen molar-refractivity contribution in [2.45, 2.75) is 27.2 Å². The SMILES string of the molecule is C/C=C(\C=C/CC)n1c(=O)c(NC(=O)Nc2cccc(Cl)c2)c(C)n1-c1ccccc1. The summed E-state index contributed by atoms with van der Waals surface area (Å²) in [5, 5.41) is 5.93. The summed E-state index contributed by atoms with van der Waals surface area (Å²) in [6, 6.07) is 15.8. The molecular formula is C24H25ClN4O2. The van der Waals surface area contributed by atoms with Crippen LogP contribution in [0.5, 0.6) is 0 Å². The van der Waals surface area contributed by atoms with Crippen LogP contribution in [0.4, 0.5) is 16.2 Å². The Morgan fingerprint density at radius 1 is 1.10 bits per heavy atom. The van der Waals surface area contributed by atoms with E-state index in [1.807, 2.05) is 62.4 Å². The van der Waals surface area contributed by atoms with Crippen LogP contribution in [0, 0.1) is 6.92 Å². The van der Waals surface area contributed by atoms with Crippen LogP contribution in [-0.4, -0.2) is 15.4 Å². The van der Waals surface area contributed by atoms with E-state index in [1.54, 1.807) is 40.6 Å². The van der Waals surface area contributed by atoms with Gasteiger partial charge in [-0.15, -0.1) is 0 Å². The molecule has 0 bridgehead atoms. The molecule has 1 heterocycles. The number of halogens is 1. The number of nitrogens with zero attached hydrogens (tertiary/aromatic N) is 2. The van der Waals surface area contributed by atoms with Gasteiger partial charge in [0, 0.05) is 10.7 Å². The van der Waals surface area contributed by atoms with Crippen LogP contribution < -0.4 is 16.2 Å². The summed E-state index contributed by atoms with van der Waals surface area (Å²) < 4.78 is 3.36. The molecule has 1 aromatic heterocycles. The number of anilines is 2. The third-order valence-electron chi connectivity index (χ3n) is 4.67. The molecule has 2 N–H and O–H groups in total. The van der Waals surface area contributed by atoms with Crippen molar-refractivity contribution in [1.82, 2.24) is 9.36 Å². The van der Waals surface area contributed by atoms with Crippen LogP contribution in [0.3, 0.4) is 0 Å². The molecule has 0 saturated heterocycles. The first-order valence-electron chi connectivity index (χ1n) is 10.0. The highest BCUT2D eigenvalue weighted by molar-refractivity contribution is 6.30. The first kappa shape index (κ1) is 22.2. The van der Waals surface area contributed by atoms with Gasteiger partial charge in [0.1, 0.15) is 5.69 Å². The molecule has 0 saturated carbocycles. The third-order valence-corrected chi connectivity index (χ3v) is 4.91. The molecule has 7 heteroatoms. The van der Waals surface area contributed by atoms with Crippen molar-refractivity contribution in [1.29, 1.82) is 0 Å². The highest BCUT2D eigenvalue weighted by Gasteiger charge is 2.21. The lowest BCUT2D eigenvalue weighted by Gasteiger charge is -2.14. The largest absolute Gasteiger partial charge is 0.323 e. The van der Waals surface area contributed by atoms with Gasteiger partial charge in [-0.2, -0.15) is 0 Å². The number of aromatic nitrogens is 2. The lowest BCUT2D eigenvalue weighted by molar-refractivity contribution is 0.262. The number of amides is 2. The fraction of sp³-hybridized carbons (Fsp3) is 0.167. The smallest absolute Gasteiger partial charge is 0.308 e. The van der Waals surface area contributed by atoms with Crippen molar-refractivity contribution < 1.29 is 4.79 Å². The first-order chi connectivity index (χ1) is 15.0. The number of hydrogen-bond donors (Lipinski definition) is 2. The molecule has 0 aliphatic carbocycles. The highest BCUT2D eigenvalue weighted by atomic mass is 35.5. The standard InChI is InChI=1S/C24H25ClN4O2/c1-4-6-13-20(5-2)29-23(30)22(17(3)28(29)21-14-8-7-9-15-21)27-24(31)26-19-12-10-11-18(25)16-19/h5-16H,4H2,1-3H3,(H2,26,27,31)/b13-6-,20-5+. The number of nitrogens with one attached hydrogen (secondary N) is 2. The quantitative estimate of drug-likeness (QED) is 0.460. The second kappa shape index (κ2) is 10.00. The van der Waals surface area contributed by atoms with Crippen molar-refractivity contribution in [3.05, 3.63) is 93.9 Å². The van der Waals surface area contributed by atoms with Crippen LogP contribution in [0.2, 0.25) is 5.02 Å². The Morgan fingerprint density at radius 3 is 2.48 bits per heavy atom. The number of carbonyl (C=O) groups excluding carboxylic acids is 1. The Bertz CT molecular complexity index is 1190. The summed E-state index contributed by atoms with van der Waals surface area (Å²) >= 11 is 5.98. The van der Waals surface area contributed by atoms with Gasteiger partial charge < -0.3 is 10.6 Å². The molecule has 2 amide bonds. The van der Waals surface area contributed by atoms with E-state index in [0.717, 1.165) is 12.1 Å². The molecular weight excluding hydrogens is 412 g/mol. The predicted molar refractivity (Wildman–Crippen MR) is 128 cm³/mol. The number of allylic oxidation sites excluding steroid dienone is 4. The Labute approximate surface area is 186 Å². The number of urea groups is 1. The van der Waals surface area contributed by atoms with E-state index in [9.17, 15) is 9.59 Å². The van der Waals surface area contributed by atoms with Gasteiger partial charge in [0.05, 0.1) is 17.1 Å². The maximum atomic E-state index is 13.4. The van der Waals surface area contributed by atoms with Gasteiger partial charge in [0.15, 0.2) is 0 Å². The zero-order valence-corrected chi connectivity index (χ0v) is 18.5. The van der Waals surface area contributed by atoms with E-state index in [2.05, 4.69) is 10.6 Å². The molecule has 3 aromatic rings. The van der Waals surface area contributed by atoms with Crippen molar-refractivity contribution in [2.24, 2.45) is 0 Å². The predicted octanol–water partition coefficient (Wildman–Crippen LogP) is 6.07. The van der Waals surface area contributed by atoms with Crippen LogP contribution in [0.25, 0.3) is 11.4 Å². The minimum atomic E-state index is -0.522. The maximum absolute atomic E-state index is 13.4. The van der Waals surface area contributed by atoms with Gasteiger partial charge in [-0.25, -0.2) is 14.2 Å². The van der Waals surface area contributed by atoms with Crippen molar-refractivity contribution in [3.63, 3.8) is 0 Å². The Balaban J connectivity index is 2.06. The molecule has 0 radical (unpaired) electrons. The van der Waals surface area contributed by atoms with Gasteiger partial charge >= 0.3 is 6.03 Å². The third kappa shape index (κ3) is 4.98. The van der Waals surface area contributed by atoms with Crippen LogP contribution >= 0.6 is 11.6 Å². The molecule has 0 aliphatic heterocycles. The number of para-hydroxylation sites is 1. The zero-order valence-electron chi connectivity index (χ0n) is 17.7. The lowest BCUT2D eigenvalue weighted by Crippen LogP contribution is -2.26. The van der Waals surface area contributed by atoms with E-state index < -0.39 is 6.03 Å². The monoisotopic (exact) mass is 436 g/mol. The minimum absolute atomic E-state index is 0.202. The van der Waals surface area contributed by atoms with Crippen LogP contribution in [-0.2, 0) is 0 Å². The topological polar surface area (TPSA) is 68.1 Å². The molecule has 2 aromatic carbocycles. The maximum Gasteiger partial charge on any atom is 0.323 e. The average molecular weight is 437 g/mol. The fourth-order valence-corrected chi connectivity index (χ4v) is 3.42. The summed E-state index contributed by atoms with van der Waals surface area (Å²) in [4.78, 5) is 26.0. The summed E-state index contributed by atoms with van der Waals surface area (Å²) in [6.07, 6.45) is 6.58. The molecule has 160 valence electrons. The molecule has 0 aliphatic rings. The second-order valence-corrected chi connectivity index (χ2v) is 7.27. The van der Waals surface area contributed by atoms with E-state index >= 15 is 0 Å². The normalized spacial score (nSPS) is 11.7. The van der Waals surface area contributed by atoms with Crippen molar-refractivity contribution in [3.8, 4) is 5.69 Å². The summed E-state index contributed by atoms with van der Waals surface area (Å²) in [5.41, 5.74) is 2.54. The summed E-state index contributed by atoms with van der Waals surface area (Å²) in [7, 11) is 0. The number of carbonyl (C=O) groups is 1. The van der Waals surface area contributed by atoms with E-state index in [4.69, 9.17) is 11.6 Å². The van der Waals surface area contributed by atoms with E-state index in [1.165, 1.54) is 0 Å². The van der Waals surface area contributed by atoms with E-state index in [-0.39, 0.29) is 11.2 Å². The van der Waals surface area contributed by atoms with Crippen molar-refractivity contribution >= 4 is 34.7 Å². The molecule has 0 atom stereocenters. The molecule has 31 heavy (non-hydrogen) atoms. The fourth-order valence-electron chi connectivity index (χ4n) is 3.23. The van der Waals surface area contributed by atoms with Gasteiger partial charge in [-0.3, -0.25) is 4.79 Å². The average Bonchev–Trinajstić information content (AvgIpc) is 3.00. The molecule has 3 rings (SSSR count). The zero-order chi connectivity index (χ0) is 22.4. The highest BCUT2D eigenvalue weighted by Crippen LogP contribution is 2.21. The summed E-state index contributed by atoms with van der Waals surface area (Å²) in [6.45, 7) is 5.70. The Hall–Kier alpha value is -3.51. The minimum Gasteiger partial charge on any atom is -0.308 e. The van der Waals surface area contributed by atoms with E-state index in [0.29, 0.717) is 22.1 Å². The lowest BCUT2D eigenvalue weighted by atomic mass is 10.3. The number of benzene rings is 2. The molecule has 0 spiro atoms. The Morgan fingerprint density at radius 2 is 1.84 bits per heavy atom. The molecule has 0 fully saturated rings. The van der Waals surface area contributed by atoms with Gasteiger partial charge in [0.25, 0.3) is 5.56 Å². The number of rotatable bonds is 6.